The zero-order valence-electron chi connectivity index (χ0n) is 15.6. The summed E-state index contributed by atoms with van der Waals surface area (Å²) in [7, 11) is 0. The molecule has 1 fully saturated rings. The SMILES string of the molecule is Cc1cc(OCc2ncccn2)cc(=O)n1Cc1ccc(C#CC2CC2)nc1. The van der Waals surface area contributed by atoms with Crippen molar-refractivity contribution in [1.82, 2.24) is 19.5 Å². The van der Waals surface area contributed by atoms with E-state index in [9.17, 15) is 4.79 Å². The van der Waals surface area contributed by atoms with E-state index in [0.29, 0.717) is 24.0 Å². The van der Waals surface area contributed by atoms with Crippen molar-refractivity contribution < 1.29 is 4.74 Å². The average molecular weight is 372 g/mol. The molecule has 0 spiro atoms. The van der Waals surface area contributed by atoms with Crippen LogP contribution in [0, 0.1) is 24.7 Å². The van der Waals surface area contributed by atoms with Gasteiger partial charge in [0.25, 0.3) is 5.56 Å². The number of pyridine rings is 2. The Balaban J connectivity index is 1.44. The highest BCUT2D eigenvalue weighted by Gasteiger charge is 2.17. The van der Waals surface area contributed by atoms with E-state index in [1.54, 1.807) is 29.2 Å². The molecule has 3 aromatic heterocycles. The van der Waals surface area contributed by atoms with Gasteiger partial charge in [-0.3, -0.25) is 4.79 Å². The Morgan fingerprint density at radius 2 is 2.00 bits per heavy atom. The lowest BCUT2D eigenvalue weighted by Crippen LogP contribution is -2.22. The molecule has 1 aliphatic carbocycles. The molecule has 1 aliphatic rings. The van der Waals surface area contributed by atoms with Crippen molar-refractivity contribution in [2.45, 2.75) is 32.9 Å². The lowest BCUT2D eigenvalue weighted by Gasteiger charge is -2.12. The Morgan fingerprint density at radius 3 is 2.68 bits per heavy atom. The van der Waals surface area contributed by atoms with Crippen LogP contribution in [0.5, 0.6) is 5.75 Å². The lowest BCUT2D eigenvalue weighted by molar-refractivity contribution is 0.294. The highest BCUT2D eigenvalue weighted by atomic mass is 16.5. The van der Waals surface area contributed by atoms with Crippen LogP contribution in [0.15, 0.2) is 53.7 Å². The summed E-state index contributed by atoms with van der Waals surface area (Å²) in [5.74, 6) is 7.93. The van der Waals surface area contributed by atoms with Gasteiger partial charge in [-0.1, -0.05) is 12.0 Å². The van der Waals surface area contributed by atoms with Crippen LogP contribution in [0.25, 0.3) is 0 Å². The highest BCUT2D eigenvalue weighted by Crippen LogP contribution is 2.27. The molecule has 0 atom stereocenters. The molecule has 3 heterocycles. The predicted molar refractivity (Wildman–Crippen MR) is 105 cm³/mol. The molecule has 28 heavy (non-hydrogen) atoms. The second-order valence-electron chi connectivity index (χ2n) is 6.81. The van der Waals surface area contributed by atoms with E-state index in [4.69, 9.17) is 4.74 Å². The second-order valence-corrected chi connectivity index (χ2v) is 6.81. The molecule has 6 nitrogen and oxygen atoms in total. The Hall–Kier alpha value is -3.46. The molecule has 0 aromatic carbocycles. The maximum atomic E-state index is 12.5. The lowest BCUT2D eigenvalue weighted by atomic mass is 10.2. The van der Waals surface area contributed by atoms with Crippen molar-refractivity contribution in [3.05, 3.63) is 82.1 Å². The summed E-state index contributed by atoms with van der Waals surface area (Å²) < 4.78 is 7.35. The molecule has 0 N–H and O–H groups in total. The smallest absolute Gasteiger partial charge is 0.254 e. The first kappa shape index (κ1) is 17.9. The zero-order chi connectivity index (χ0) is 19.3. The molecule has 0 radical (unpaired) electrons. The monoisotopic (exact) mass is 372 g/mol. The Kier molecular flexibility index (Phi) is 5.16. The zero-order valence-corrected chi connectivity index (χ0v) is 15.6. The summed E-state index contributed by atoms with van der Waals surface area (Å²) in [5.41, 5.74) is 2.41. The average Bonchev–Trinajstić information content (AvgIpc) is 3.54. The molecular formula is C22H20N4O2. The van der Waals surface area contributed by atoms with Crippen LogP contribution < -0.4 is 10.3 Å². The maximum Gasteiger partial charge on any atom is 0.254 e. The molecule has 0 amide bonds. The largest absolute Gasteiger partial charge is 0.485 e. The number of hydrogen-bond donors (Lipinski definition) is 0. The third-order valence-corrected chi connectivity index (χ3v) is 4.44. The molecule has 4 rings (SSSR count). The van der Waals surface area contributed by atoms with E-state index >= 15 is 0 Å². The fourth-order valence-electron chi connectivity index (χ4n) is 2.72. The van der Waals surface area contributed by atoms with Crippen molar-refractivity contribution in [3.8, 4) is 17.6 Å². The van der Waals surface area contributed by atoms with E-state index in [-0.39, 0.29) is 12.2 Å². The van der Waals surface area contributed by atoms with E-state index in [2.05, 4.69) is 26.8 Å². The quantitative estimate of drug-likeness (QED) is 0.644. The van der Waals surface area contributed by atoms with Gasteiger partial charge in [0, 0.05) is 36.3 Å². The summed E-state index contributed by atoms with van der Waals surface area (Å²) in [6, 6.07) is 8.94. The van der Waals surface area contributed by atoms with Gasteiger partial charge in [0.1, 0.15) is 18.1 Å². The van der Waals surface area contributed by atoms with Crippen LogP contribution in [0.4, 0.5) is 0 Å². The van der Waals surface area contributed by atoms with E-state index in [1.807, 2.05) is 25.1 Å². The molecule has 0 bridgehead atoms. The van der Waals surface area contributed by atoms with Crippen LogP contribution in [0.1, 0.15) is 35.6 Å². The summed E-state index contributed by atoms with van der Waals surface area (Å²) in [4.78, 5) is 25.1. The first-order chi connectivity index (χ1) is 13.7. The molecule has 1 saturated carbocycles. The molecule has 0 unspecified atom stereocenters. The minimum atomic E-state index is -0.124. The Bertz CT molecular complexity index is 1080. The Morgan fingerprint density at radius 1 is 1.18 bits per heavy atom. The van der Waals surface area contributed by atoms with Crippen LogP contribution in [-0.4, -0.2) is 19.5 Å². The van der Waals surface area contributed by atoms with Gasteiger partial charge in [0.2, 0.25) is 0 Å². The topological polar surface area (TPSA) is 69.9 Å². The van der Waals surface area contributed by atoms with Gasteiger partial charge in [0.05, 0.1) is 6.54 Å². The number of nitrogens with zero attached hydrogens (tertiary/aromatic N) is 4. The number of hydrogen-bond acceptors (Lipinski definition) is 5. The summed E-state index contributed by atoms with van der Waals surface area (Å²) >= 11 is 0. The van der Waals surface area contributed by atoms with Crippen LogP contribution in [0.2, 0.25) is 0 Å². The van der Waals surface area contributed by atoms with E-state index in [0.717, 1.165) is 17.0 Å². The number of rotatable bonds is 5. The second kappa shape index (κ2) is 8.05. The van der Waals surface area contributed by atoms with E-state index < -0.39 is 0 Å². The summed E-state index contributed by atoms with van der Waals surface area (Å²) in [6.07, 6.45) is 7.49. The van der Waals surface area contributed by atoms with Gasteiger partial charge in [-0.25, -0.2) is 15.0 Å². The predicted octanol–water partition coefficient (Wildman–Crippen LogP) is 2.73. The summed E-state index contributed by atoms with van der Waals surface area (Å²) in [6.45, 7) is 2.56. The third-order valence-electron chi connectivity index (χ3n) is 4.44. The van der Waals surface area contributed by atoms with Gasteiger partial charge in [0.15, 0.2) is 5.82 Å². The number of ether oxygens (including phenoxy) is 1. The molecule has 6 heteroatoms. The number of aryl methyl sites for hydroxylation is 1. The maximum absolute atomic E-state index is 12.5. The fourth-order valence-corrected chi connectivity index (χ4v) is 2.72. The van der Waals surface area contributed by atoms with Gasteiger partial charge in [-0.05, 0) is 49.4 Å². The molecule has 3 aromatic rings. The van der Waals surface area contributed by atoms with Crippen molar-refractivity contribution in [3.63, 3.8) is 0 Å². The van der Waals surface area contributed by atoms with Crippen LogP contribution in [-0.2, 0) is 13.2 Å². The first-order valence-corrected chi connectivity index (χ1v) is 9.24. The van der Waals surface area contributed by atoms with Crippen molar-refractivity contribution in [2.75, 3.05) is 0 Å². The van der Waals surface area contributed by atoms with Gasteiger partial charge in [-0.15, -0.1) is 0 Å². The molecule has 140 valence electrons. The molecular weight excluding hydrogens is 352 g/mol. The van der Waals surface area contributed by atoms with Crippen molar-refractivity contribution >= 4 is 0 Å². The Labute approximate surface area is 163 Å². The standard InChI is InChI=1S/C22H20N4O2/c1-16-11-20(28-15-21-23-9-2-10-24-21)12-22(27)26(16)14-18-6-8-19(25-13-18)7-5-17-3-4-17/h2,6,8-13,17H,3-4,14-15H2,1H3. The third kappa shape index (κ3) is 4.63. The van der Waals surface area contributed by atoms with Gasteiger partial charge in [-0.2, -0.15) is 0 Å². The van der Waals surface area contributed by atoms with Crippen LogP contribution >= 0.6 is 0 Å². The number of aromatic nitrogens is 4. The van der Waals surface area contributed by atoms with Gasteiger partial charge < -0.3 is 9.30 Å². The van der Waals surface area contributed by atoms with Gasteiger partial charge >= 0.3 is 0 Å². The minimum absolute atomic E-state index is 0.124. The fraction of sp³-hybridized carbons (Fsp3) is 0.273. The molecule has 0 aliphatic heterocycles. The van der Waals surface area contributed by atoms with Crippen molar-refractivity contribution in [1.29, 1.82) is 0 Å². The van der Waals surface area contributed by atoms with Crippen molar-refractivity contribution in [2.24, 2.45) is 5.92 Å². The normalized spacial score (nSPS) is 12.9. The van der Waals surface area contributed by atoms with E-state index in [1.165, 1.54) is 18.9 Å². The molecule has 0 saturated heterocycles. The van der Waals surface area contributed by atoms with Crippen LogP contribution in [0.3, 0.4) is 0 Å². The summed E-state index contributed by atoms with van der Waals surface area (Å²) in [5, 5.41) is 0. The highest BCUT2D eigenvalue weighted by molar-refractivity contribution is 5.31. The first-order valence-electron chi connectivity index (χ1n) is 9.24. The minimum Gasteiger partial charge on any atom is -0.485 e.